The fourth-order valence-corrected chi connectivity index (χ4v) is 3.08. The second-order valence-corrected chi connectivity index (χ2v) is 5.76. The highest BCUT2D eigenvalue weighted by Gasteiger charge is 2.53. The molecule has 2 aliphatic rings. The van der Waals surface area contributed by atoms with Crippen molar-refractivity contribution in [1.29, 1.82) is 0 Å². The van der Waals surface area contributed by atoms with Gasteiger partial charge in [-0.15, -0.1) is 10.2 Å². The molecule has 0 radical (unpaired) electrons. The molecule has 21 heavy (non-hydrogen) atoms. The average molecular weight is 286 g/mol. The van der Waals surface area contributed by atoms with E-state index in [1.807, 2.05) is 15.5 Å². The van der Waals surface area contributed by atoms with E-state index in [1.165, 1.54) is 12.1 Å². The summed E-state index contributed by atoms with van der Waals surface area (Å²) < 4.78 is 15.4. The molecule has 0 saturated heterocycles. The molecule has 0 bridgehead atoms. The Balaban J connectivity index is 1.61. The van der Waals surface area contributed by atoms with Gasteiger partial charge in [0.25, 0.3) is 0 Å². The van der Waals surface area contributed by atoms with Crippen LogP contribution in [0.15, 0.2) is 30.6 Å². The Morgan fingerprint density at radius 1 is 1.29 bits per heavy atom. The van der Waals surface area contributed by atoms with Gasteiger partial charge in [0.2, 0.25) is 5.91 Å². The second-order valence-electron chi connectivity index (χ2n) is 5.76. The zero-order valence-electron chi connectivity index (χ0n) is 11.5. The van der Waals surface area contributed by atoms with E-state index >= 15 is 0 Å². The molecule has 1 aromatic carbocycles. The summed E-state index contributed by atoms with van der Waals surface area (Å²) in [6.45, 7) is 1.85. The molecule has 1 aliphatic heterocycles. The standard InChI is InChI=1S/C15H15FN4O/c16-12-3-1-2-11(8-12)15(4-5-15)14(21)19-6-7-20-10-17-18-13(20)9-19/h1-3,8,10H,4-7,9H2. The van der Waals surface area contributed by atoms with Crippen LogP contribution in [0.4, 0.5) is 4.39 Å². The summed E-state index contributed by atoms with van der Waals surface area (Å²) >= 11 is 0. The van der Waals surface area contributed by atoms with Crippen molar-refractivity contribution in [2.24, 2.45) is 0 Å². The summed E-state index contributed by atoms with van der Waals surface area (Å²) in [6.07, 6.45) is 3.27. The number of fused-ring (bicyclic) bond motifs is 1. The quantitative estimate of drug-likeness (QED) is 0.840. The van der Waals surface area contributed by atoms with Crippen LogP contribution in [0.1, 0.15) is 24.2 Å². The summed E-state index contributed by atoms with van der Waals surface area (Å²) in [7, 11) is 0. The van der Waals surface area contributed by atoms with Gasteiger partial charge in [0, 0.05) is 13.1 Å². The molecule has 0 atom stereocenters. The van der Waals surface area contributed by atoms with Crippen LogP contribution in [0.2, 0.25) is 0 Å². The van der Waals surface area contributed by atoms with Crippen LogP contribution >= 0.6 is 0 Å². The highest BCUT2D eigenvalue weighted by molar-refractivity contribution is 5.91. The highest BCUT2D eigenvalue weighted by atomic mass is 19.1. The van der Waals surface area contributed by atoms with Gasteiger partial charge in [-0.2, -0.15) is 0 Å². The number of rotatable bonds is 2. The van der Waals surface area contributed by atoms with Crippen LogP contribution in [0.5, 0.6) is 0 Å². The molecule has 0 N–H and O–H groups in total. The maximum atomic E-state index is 13.4. The molecule has 6 heteroatoms. The molecule has 1 aliphatic carbocycles. The number of hydrogen-bond donors (Lipinski definition) is 0. The van der Waals surface area contributed by atoms with Gasteiger partial charge in [-0.1, -0.05) is 12.1 Å². The van der Waals surface area contributed by atoms with Crippen LogP contribution < -0.4 is 0 Å². The summed E-state index contributed by atoms with van der Waals surface area (Å²) in [5.74, 6) is 0.608. The van der Waals surface area contributed by atoms with Gasteiger partial charge in [0.15, 0.2) is 5.82 Å². The molecule has 5 nitrogen and oxygen atoms in total. The molecule has 1 saturated carbocycles. The van der Waals surface area contributed by atoms with Crippen LogP contribution in [-0.2, 0) is 23.3 Å². The van der Waals surface area contributed by atoms with Gasteiger partial charge in [-0.05, 0) is 30.5 Å². The van der Waals surface area contributed by atoms with Gasteiger partial charge >= 0.3 is 0 Å². The third kappa shape index (κ3) is 1.93. The van der Waals surface area contributed by atoms with Crippen molar-refractivity contribution in [3.8, 4) is 0 Å². The third-order valence-electron chi connectivity index (χ3n) is 4.46. The number of aromatic nitrogens is 3. The summed E-state index contributed by atoms with van der Waals surface area (Å²) in [5.41, 5.74) is 0.268. The van der Waals surface area contributed by atoms with E-state index < -0.39 is 5.41 Å². The average Bonchev–Trinajstić information content (AvgIpc) is 3.18. The molecule has 0 spiro atoms. The Hall–Kier alpha value is -2.24. The van der Waals surface area contributed by atoms with Crippen molar-refractivity contribution in [1.82, 2.24) is 19.7 Å². The van der Waals surface area contributed by atoms with Crippen molar-refractivity contribution in [3.05, 3.63) is 47.8 Å². The lowest BCUT2D eigenvalue weighted by Crippen LogP contribution is -2.43. The largest absolute Gasteiger partial charge is 0.333 e. The van der Waals surface area contributed by atoms with Crippen molar-refractivity contribution in [2.75, 3.05) is 6.54 Å². The van der Waals surface area contributed by atoms with Crippen LogP contribution in [-0.4, -0.2) is 32.1 Å². The first-order valence-electron chi connectivity index (χ1n) is 7.11. The van der Waals surface area contributed by atoms with Crippen LogP contribution in [0, 0.1) is 5.82 Å². The topological polar surface area (TPSA) is 51.0 Å². The minimum Gasteiger partial charge on any atom is -0.333 e. The molecule has 4 rings (SSSR count). The van der Waals surface area contributed by atoms with Gasteiger partial charge in [-0.3, -0.25) is 4.79 Å². The normalized spacial score (nSPS) is 19.2. The smallest absolute Gasteiger partial charge is 0.233 e. The molecule has 2 heterocycles. The van der Waals surface area contributed by atoms with Crippen LogP contribution in [0.3, 0.4) is 0 Å². The Bertz CT molecular complexity index is 707. The predicted molar refractivity (Wildman–Crippen MR) is 72.8 cm³/mol. The van der Waals surface area contributed by atoms with E-state index in [4.69, 9.17) is 0 Å². The number of carbonyl (C=O) groups excluding carboxylic acids is 1. The number of nitrogens with zero attached hydrogens (tertiary/aromatic N) is 4. The SMILES string of the molecule is O=C(N1CCn2cnnc2C1)C1(c2cccc(F)c2)CC1. The molecular formula is C15H15FN4O. The molecule has 1 fully saturated rings. The molecule has 1 amide bonds. The van der Waals surface area contributed by atoms with Crippen LogP contribution in [0.25, 0.3) is 0 Å². The monoisotopic (exact) mass is 286 g/mol. The lowest BCUT2D eigenvalue weighted by Gasteiger charge is -2.30. The van der Waals surface area contributed by atoms with E-state index in [-0.39, 0.29) is 11.7 Å². The maximum Gasteiger partial charge on any atom is 0.233 e. The Labute approximate surface area is 121 Å². The van der Waals surface area contributed by atoms with Gasteiger partial charge in [-0.25, -0.2) is 4.39 Å². The van der Waals surface area contributed by atoms with E-state index in [2.05, 4.69) is 10.2 Å². The summed E-state index contributed by atoms with van der Waals surface area (Å²) in [6, 6.07) is 6.41. The van der Waals surface area contributed by atoms with Gasteiger partial charge in [0.05, 0.1) is 12.0 Å². The third-order valence-corrected chi connectivity index (χ3v) is 4.46. The molecule has 108 valence electrons. The van der Waals surface area contributed by atoms with E-state index in [1.54, 1.807) is 12.4 Å². The fourth-order valence-electron chi connectivity index (χ4n) is 3.08. The first kappa shape index (κ1) is 12.5. The van der Waals surface area contributed by atoms with Crippen molar-refractivity contribution in [2.45, 2.75) is 31.3 Å². The van der Waals surface area contributed by atoms with Crippen molar-refractivity contribution < 1.29 is 9.18 Å². The number of carbonyl (C=O) groups is 1. The zero-order chi connectivity index (χ0) is 14.4. The number of amides is 1. The summed E-state index contributed by atoms with van der Waals surface area (Å²) in [4.78, 5) is 14.7. The number of halogens is 1. The zero-order valence-corrected chi connectivity index (χ0v) is 11.5. The highest BCUT2D eigenvalue weighted by Crippen LogP contribution is 2.50. The number of benzene rings is 1. The fraction of sp³-hybridized carbons (Fsp3) is 0.400. The lowest BCUT2D eigenvalue weighted by molar-refractivity contribution is -0.135. The molecule has 0 unspecified atom stereocenters. The van der Waals surface area contributed by atoms with Crippen molar-refractivity contribution >= 4 is 5.91 Å². The predicted octanol–water partition coefficient (Wildman–Crippen LogP) is 1.49. The minimum atomic E-state index is -0.524. The Morgan fingerprint density at radius 3 is 2.90 bits per heavy atom. The molecular weight excluding hydrogens is 271 g/mol. The van der Waals surface area contributed by atoms with Crippen molar-refractivity contribution in [3.63, 3.8) is 0 Å². The van der Waals surface area contributed by atoms with Gasteiger partial charge in [0.1, 0.15) is 12.1 Å². The second kappa shape index (κ2) is 4.38. The lowest BCUT2D eigenvalue weighted by atomic mass is 9.94. The minimum absolute atomic E-state index is 0.0855. The van der Waals surface area contributed by atoms with E-state index in [9.17, 15) is 9.18 Å². The van der Waals surface area contributed by atoms with E-state index in [0.29, 0.717) is 19.6 Å². The Morgan fingerprint density at radius 2 is 2.14 bits per heavy atom. The first-order chi connectivity index (χ1) is 10.2. The van der Waals surface area contributed by atoms with Gasteiger partial charge < -0.3 is 9.47 Å². The Kier molecular flexibility index (Phi) is 2.60. The summed E-state index contributed by atoms with van der Waals surface area (Å²) in [5, 5.41) is 7.91. The van der Waals surface area contributed by atoms with E-state index in [0.717, 1.165) is 24.2 Å². The molecule has 2 aromatic rings. The first-order valence-corrected chi connectivity index (χ1v) is 7.11. The number of hydrogen-bond acceptors (Lipinski definition) is 3. The molecule has 1 aromatic heterocycles. The maximum absolute atomic E-state index is 13.4.